The van der Waals surface area contributed by atoms with Gasteiger partial charge in [0.05, 0.1) is 19.9 Å². The standard InChI is InChI=1S/C24H23F2NO3S/c1-29-17-7-9-20-23(13-17)31-22(18-8-6-16(25)12-19(18)26)10-11-27(20)14-15-4-3-5-21(30-2)24(15)28/h3-9,12-13,22,28H,10-11,14H2,1-2H3/t22-/m1/s1. The molecule has 4 rings (SSSR count). The highest BCUT2D eigenvalue weighted by Gasteiger charge is 2.26. The number of fused-ring (bicyclic) bond motifs is 1. The van der Waals surface area contributed by atoms with Crippen LogP contribution in [-0.4, -0.2) is 25.9 Å². The Kier molecular flexibility index (Phi) is 6.23. The number of methoxy groups -OCH3 is 2. The number of anilines is 1. The zero-order valence-electron chi connectivity index (χ0n) is 17.3. The third-order valence-electron chi connectivity index (χ3n) is 5.41. The van der Waals surface area contributed by atoms with Crippen molar-refractivity contribution in [2.45, 2.75) is 23.1 Å². The molecule has 3 aromatic carbocycles. The summed E-state index contributed by atoms with van der Waals surface area (Å²) in [5, 5.41) is 10.4. The fourth-order valence-electron chi connectivity index (χ4n) is 3.79. The lowest BCUT2D eigenvalue weighted by atomic mass is 10.1. The van der Waals surface area contributed by atoms with Crippen LogP contribution in [0.2, 0.25) is 0 Å². The molecule has 1 atom stereocenters. The van der Waals surface area contributed by atoms with E-state index in [1.165, 1.54) is 31.0 Å². The van der Waals surface area contributed by atoms with Gasteiger partial charge in [-0.05, 0) is 36.8 Å². The molecule has 0 saturated heterocycles. The van der Waals surface area contributed by atoms with Crippen LogP contribution in [0.4, 0.5) is 14.5 Å². The first-order valence-corrected chi connectivity index (χ1v) is 10.8. The van der Waals surface area contributed by atoms with Crippen molar-refractivity contribution in [3.05, 3.63) is 77.4 Å². The number of nitrogens with zero attached hydrogens (tertiary/aromatic N) is 1. The van der Waals surface area contributed by atoms with Crippen LogP contribution >= 0.6 is 11.8 Å². The predicted octanol–water partition coefficient (Wildman–Crippen LogP) is 5.93. The van der Waals surface area contributed by atoms with Gasteiger partial charge in [0.1, 0.15) is 17.4 Å². The van der Waals surface area contributed by atoms with E-state index >= 15 is 0 Å². The van der Waals surface area contributed by atoms with Crippen LogP contribution in [0.25, 0.3) is 0 Å². The molecule has 0 saturated carbocycles. The molecule has 162 valence electrons. The number of phenols is 1. The Hall–Kier alpha value is -2.93. The second-order valence-electron chi connectivity index (χ2n) is 7.28. The molecule has 0 spiro atoms. The Morgan fingerprint density at radius 2 is 1.90 bits per heavy atom. The number of halogens is 2. The summed E-state index contributed by atoms with van der Waals surface area (Å²) in [5.41, 5.74) is 2.18. The van der Waals surface area contributed by atoms with E-state index in [1.807, 2.05) is 30.3 Å². The van der Waals surface area contributed by atoms with Gasteiger partial charge in [0.2, 0.25) is 0 Å². The third-order valence-corrected chi connectivity index (χ3v) is 6.77. The predicted molar refractivity (Wildman–Crippen MR) is 118 cm³/mol. The molecule has 0 amide bonds. The van der Waals surface area contributed by atoms with Crippen LogP contribution < -0.4 is 14.4 Å². The number of rotatable bonds is 5. The van der Waals surface area contributed by atoms with Gasteiger partial charge in [0.15, 0.2) is 11.5 Å². The minimum absolute atomic E-state index is 0.109. The van der Waals surface area contributed by atoms with E-state index in [9.17, 15) is 13.9 Å². The van der Waals surface area contributed by atoms with Gasteiger partial charge >= 0.3 is 0 Å². The molecule has 7 heteroatoms. The summed E-state index contributed by atoms with van der Waals surface area (Å²) >= 11 is 1.54. The maximum absolute atomic E-state index is 14.5. The molecule has 0 bridgehead atoms. The fraction of sp³-hybridized carbons (Fsp3) is 0.250. The molecule has 1 N–H and O–H groups in total. The van der Waals surface area contributed by atoms with Crippen molar-refractivity contribution >= 4 is 17.4 Å². The minimum Gasteiger partial charge on any atom is -0.504 e. The molecule has 1 aliphatic rings. The molecular weight excluding hydrogens is 420 g/mol. The van der Waals surface area contributed by atoms with Crippen LogP contribution in [0.15, 0.2) is 59.5 Å². The molecule has 1 heterocycles. The fourth-order valence-corrected chi connectivity index (χ4v) is 5.14. The lowest BCUT2D eigenvalue weighted by molar-refractivity contribution is 0.370. The van der Waals surface area contributed by atoms with Crippen molar-refractivity contribution in [3.63, 3.8) is 0 Å². The second kappa shape index (κ2) is 9.06. The molecule has 0 aliphatic carbocycles. The highest BCUT2D eigenvalue weighted by molar-refractivity contribution is 7.99. The van der Waals surface area contributed by atoms with Crippen LogP contribution in [-0.2, 0) is 6.54 Å². The molecule has 31 heavy (non-hydrogen) atoms. The first-order chi connectivity index (χ1) is 15.0. The van der Waals surface area contributed by atoms with Gasteiger partial charge in [0.25, 0.3) is 0 Å². The number of thioether (sulfide) groups is 1. The van der Waals surface area contributed by atoms with E-state index in [0.717, 1.165) is 22.2 Å². The normalized spacial score (nSPS) is 15.9. The zero-order valence-corrected chi connectivity index (χ0v) is 18.1. The second-order valence-corrected chi connectivity index (χ2v) is 8.53. The van der Waals surface area contributed by atoms with Crippen molar-refractivity contribution in [2.24, 2.45) is 0 Å². The van der Waals surface area contributed by atoms with Crippen molar-refractivity contribution in [1.29, 1.82) is 0 Å². The molecule has 0 aromatic heterocycles. The Labute approximate surface area is 184 Å². The molecule has 1 aliphatic heterocycles. The first kappa shape index (κ1) is 21.3. The molecule has 0 fully saturated rings. The van der Waals surface area contributed by atoms with Crippen molar-refractivity contribution < 1.29 is 23.4 Å². The SMILES string of the molecule is COc1ccc2c(c1)S[C@@H](c1ccc(F)cc1F)CCN2Cc1cccc(OC)c1O. The van der Waals surface area contributed by atoms with Gasteiger partial charge in [0, 0.05) is 40.4 Å². The number of para-hydroxylation sites is 1. The van der Waals surface area contributed by atoms with E-state index in [-0.39, 0.29) is 11.0 Å². The summed E-state index contributed by atoms with van der Waals surface area (Å²) in [6.45, 7) is 1.09. The zero-order chi connectivity index (χ0) is 22.0. The number of benzene rings is 3. The van der Waals surface area contributed by atoms with E-state index in [4.69, 9.17) is 9.47 Å². The summed E-state index contributed by atoms with van der Waals surface area (Å²) in [5.74, 6) is 0.106. The summed E-state index contributed by atoms with van der Waals surface area (Å²) in [4.78, 5) is 3.09. The maximum atomic E-state index is 14.5. The smallest absolute Gasteiger partial charge is 0.162 e. The third kappa shape index (κ3) is 4.42. The summed E-state index contributed by atoms with van der Waals surface area (Å²) in [6, 6.07) is 14.9. The van der Waals surface area contributed by atoms with Crippen molar-refractivity contribution in [3.8, 4) is 17.2 Å². The van der Waals surface area contributed by atoms with E-state index in [1.54, 1.807) is 13.2 Å². The highest BCUT2D eigenvalue weighted by Crippen LogP contribution is 2.47. The lowest BCUT2D eigenvalue weighted by Gasteiger charge is -2.25. The largest absolute Gasteiger partial charge is 0.504 e. The van der Waals surface area contributed by atoms with Crippen LogP contribution in [0, 0.1) is 11.6 Å². The van der Waals surface area contributed by atoms with Crippen LogP contribution in [0.1, 0.15) is 22.8 Å². The molecular formula is C24H23F2NO3S. The monoisotopic (exact) mass is 443 g/mol. The van der Waals surface area contributed by atoms with Gasteiger partial charge in [-0.15, -0.1) is 11.8 Å². The van der Waals surface area contributed by atoms with Gasteiger partial charge in [-0.2, -0.15) is 0 Å². The number of ether oxygens (including phenoxy) is 2. The number of hydrogen-bond donors (Lipinski definition) is 1. The quantitative estimate of drug-likeness (QED) is 0.529. The molecule has 0 unspecified atom stereocenters. The number of phenolic OH excluding ortho intramolecular Hbond substituents is 1. The summed E-state index contributed by atoms with van der Waals surface area (Å²) < 4.78 is 38.6. The van der Waals surface area contributed by atoms with E-state index < -0.39 is 11.6 Å². The van der Waals surface area contributed by atoms with Crippen LogP contribution in [0.3, 0.4) is 0 Å². The highest BCUT2D eigenvalue weighted by atomic mass is 32.2. The summed E-state index contributed by atoms with van der Waals surface area (Å²) in [6.07, 6.45) is 0.648. The Morgan fingerprint density at radius 3 is 2.65 bits per heavy atom. The minimum atomic E-state index is -0.586. The average Bonchev–Trinajstić information content (AvgIpc) is 2.94. The first-order valence-electron chi connectivity index (χ1n) is 9.89. The average molecular weight is 444 g/mol. The Balaban J connectivity index is 1.71. The van der Waals surface area contributed by atoms with Gasteiger partial charge in [-0.1, -0.05) is 18.2 Å². The van der Waals surface area contributed by atoms with Gasteiger partial charge in [-0.25, -0.2) is 8.78 Å². The topological polar surface area (TPSA) is 41.9 Å². The molecule has 4 nitrogen and oxygen atoms in total. The van der Waals surface area contributed by atoms with Crippen molar-refractivity contribution in [2.75, 3.05) is 25.7 Å². The van der Waals surface area contributed by atoms with E-state index in [0.29, 0.717) is 36.6 Å². The van der Waals surface area contributed by atoms with Crippen molar-refractivity contribution in [1.82, 2.24) is 0 Å². The Bertz CT molecular complexity index is 1090. The van der Waals surface area contributed by atoms with Gasteiger partial charge in [-0.3, -0.25) is 0 Å². The van der Waals surface area contributed by atoms with E-state index in [2.05, 4.69) is 4.90 Å². The molecule has 3 aromatic rings. The number of hydrogen-bond acceptors (Lipinski definition) is 5. The maximum Gasteiger partial charge on any atom is 0.162 e. The Morgan fingerprint density at radius 1 is 1.06 bits per heavy atom. The van der Waals surface area contributed by atoms with Gasteiger partial charge < -0.3 is 19.5 Å². The van der Waals surface area contributed by atoms with Crippen LogP contribution in [0.5, 0.6) is 17.2 Å². The lowest BCUT2D eigenvalue weighted by Crippen LogP contribution is -2.24. The number of aromatic hydroxyl groups is 1. The molecule has 0 radical (unpaired) electrons. The summed E-state index contributed by atoms with van der Waals surface area (Å²) in [7, 11) is 3.12.